The van der Waals surface area contributed by atoms with E-state index >= 15 is 0 Å². The largest absolute Gasteiger partial charge is 0.423 e. The van der Waals surface area contributed by atoms with E-state index in [9.17, 15) is 0 Å². The molecular weight excluding hydrogens is 166 g/mol. The molecule has 0 spiro atoms. The quantitative estimate of drug-likeness (QED) is 0.593. The van der Waals surface area contributed by atoms with Gasteiger partial charge >= 0.3 is 0 Å². The van der Waals surface area contributed by atoms with Crippen molar-refractivity contribution in [2.75, 3.05) is 6.61 Å². The van der Waals surface area contributed by atoms with E-state index in [2.05, 4.69) is 19.9 Å². The van der Waals surface area contributed by atoms with Crippen molar-refractivity contribution in [3.05, 3.63) is 0 Å². The Morgan fingerprint density at radius 2 is 2.08 bits per heavy atom. The number of nitriles is 1. The van der Waals surface area contributed by atoms with Crippen LogP contribution in [0.25, 0.3) is 0 Å². The highest BCUT2D eigenvalue weighted by atomic mass is 28.2. The Morgan fingerprint density at radius 1 is 1.42 bits per heavy atom. The maximum atomic E-state index is 9.04. The Kier molecular flexibility index (Phi) is 6.04. The molecule has 0 aliphatic rings. The van der Waals surface area contributed by atoms with Crippen LogP contribution >= 0.6 is 0 Å². The lowest BCUT2D eigenvalue weighted by Crippen LogP contribution is -2.20. The molecule has 0 N–H and O–H groups in total. The van der Waals surface area contributed by atoms with Gasteiger partial charge in [-0.1, -0.05) is 20.3 Å². The van der Waals surface area contributed by atoms with E-state index in [1.807, 2.05) is 6.92 Å². The van der Waals surface area contributed by atoms with Crippen molar-refractivity contribution in [1.82, 2.24) is 0 Å². The molecule has 0 heterocycles. The van der Waals surface area contributed by atoms with Crippen LogP contribution in [0.15, 0.2) is 0 Å². The fourth-order valence-electron chi connectivity index (χ4n) is 1.29. The average molecular weight is 185 g/mol. The van der Waals surface area contributed by atoms with Gasteiger partial charge in [0, 0.05) is 6.61 Å². The average Bonchev–Trinajstić information content (AvgIpc) is 2.13. The SMILES string of the molecule is CCCC(C#N)(CC)[SiH2]OCC. The summed E-state index contributed by atoms with van der Waals surface area (Å²) in [6, 6.07) is 2.44. The molecule has 0 aromatic carbocycles. The van der Waals surface area contributed by atoms with Crippen LogP contribution in [0.5, 0.6) is 0 Å². The van der Waals surface area contributed by atoms with Gasteiger partial charge in [0.25, 0.3) is 0 Å². The van der Waals surface area contributed by atoms with Crippen molar-refractivity contribution in [3.63, 3.8) is 0 Å². The summed E-state index contributed by atoms with van der Waals surface area (Å²) in [4.78, 5) is 0. The van der Waals surface area contributed by atoms with E-state index in [1.54, 1.807) is 0 Å². The second-order valence-corrected chi connectivity index (χ2v) is 5.18. The molecule has 3 heteroatoms. The first-order chi connectivity index (χ1) is 5.74. The Morgan fingerprint density at radius 3 is 2.42 bits per heavy atom. The summed E-state index contributed by atoms with van der Waals surface area (Å²) in [6.07, 6.45) is 3.04. The number of hydrogen-bond donors (Lipinski definition) is 0. The van der Waals surface area contributed by atoms with E-state index in [0.717, 1.165) is 25.9 Å². The van der Waals surface area contributed by atoms with Crippen LogP contribution < -0.4 is 0 Å². The van der Waals surface area contributed by atoms with Crippen LogP contribution in [0.2, 0.25) is 5.04 Å². The monoisotopic (exact) mass is 185 g/mol. The second-order valence-electron chi connectivity index (χ2n) is 3.13. The minimum atomic E-state index is -0.654. The fraction of sp³-hybridized carbons (Fsp3) is 0.889. The van der Waals surface area contributed by atoms with Gasteiger partial charge in [-0.2, -0.15) is 5.26 Å². The summed E-state index contributed by atoms with van der Waals surface area (Å²) in [5, 5.41) is 8.95. The van der Waals surface area contributed by atoms with Gasteiger partial charge in [-0.3, -0.25) is 0 Å². The molecule has 0 aromatic rings. The molecule has 12 heavy (non-hydrogen) atoms. The van der Waals surface area contributed by atoms with Crippen LogP contribution in [0.3, 0.4) is 0 Å². The summed E-state index contributed by atoms with van der Waals surface area (Å²) >= 11 is 0. The molecule has 0 saturated carbocycles. The zero-order valence-corrected chi connectivity index (χ0v) is 9.81. The van der Waals surface area contributed by atoms with E-state index in [4.69, 9.17) is 9.69 Å². The lowest BCUT2D eigenvalue weighted by molar-refractivity contribution is 0.337. The zero-order chi connectivity index (χ0) is 9.45. The molecular formula is C9H19NOSi. The van der Waals surface area contributed by atoms with Gasteiger partial charge in [0.2, 0.25) is 0 Å². The summed E-state index contributed by atoms with van der Waals surface area (Å²) in [5.74, 6) is 0. The van der Waals surface area contributed by atoms with Gasteiger partial charge in [0.05, 0.1) is 11.1 Å². The predicted molar refractivity (Wildman–Crippen MR) is 53.7 cm³/mol. The molecule has 0 aliphatic heterocycles. The maximum absolute atomic E-state index is 9.04. The highest BCUT2D eigenvalue weighted by Crippen LogP contribution is 2.33. The Hall–Kier alpha value is -0.333. The molecule has 0 rings (SSSR count). The van der Waals surface area contributed by atoms with Crippen molar-refractivity contribution >= 4 is 9.76 Å². The Bertz CT molecular complexity index is 155. The van der Waals surface area contributed by atoms with Gasteiger partial charge in [0.15, 0.2) is 9.76 Å². The standard InChI is InChI=1S/C9H19NOSi/c1-4-7-9(5-2,8-10)12-11-6-3/h4-7,12H2,1-3H3. The highest BCUT2D eigenvalue weighted by Gasteiger charge is 2.27. The van der Waals surface area contributed by atoms with Crippen LogP contribution in [-0.4, -0.2) is 16.4 Å². The van der Waals surface area contributed by atoms with Crippen molar-refractivity contribution in [1.29, 1.82) is 5.26 Å². The lowest BCUT2D eigenvalue weighted by Gasteiger charge is -2.22. The highest BCUT2D eigenvalue weighted by molar-refractivity contribution is 6.33. The van der Waals surface area contributed by atoms with E-state index in [-0.39, 0.29) is 5.04 Å². The van der Waals surface area contributed by atoms with Crippen molar-refractivity contribution in [2.45, 2.75) is 45.1 Å². The third-order valence-electron chi connectivity index (χ3n) is 2.22. The molecule has 0 amide bonds. The molecule has 0 fully saturated rings. The molecule has 2 nitrogen and oxygen atoms in total. The molecule has 0 radical (unpaired) electrons. The molecule has 0 saturated heterocycles. The molecule has 0 aliphatic carbocycles. The van der Waals surface area contributed by atoms with Crippen molar-refractivity contribution in [2.24, 2.45) is 0 Å². The minimum absolute atomic E-state index is 0.0925. The molecule has 1 unspecified atom stereocenters. The number of nitrogens with zero attached hydrogens (tertiary/aromatic N) is 1. The van der Waals surface area contributed by atoms with Crippen LogP contribution in [0, 0.1) is 11.3 Å². The predicted octanol–water partition coefficient (Wildman–Crippen LogP) is 2.00. The smallest absolute Gasteiger partial charge is 0.181 e. The minimum Gasteiger partial charge on any atom is -0.423 e. The second kappa shape index (κ2) is 6.21. The van der Waals surface area contributed by atoms with E-state index in [1.165, 1.54) is 0 Å². The van der Waals surface area contributed by atoms with Gasteiger partial charge < -0.3 is 4.43 Å². The first-order valence-electron chi connectivity index (χ1n) is 4.73. The van der Waals surface area contributed by atoms with E-state index in [0.29, 0.717) is 0 Å². The zero-order valence-electron chi connectivity index (χ0n) is 8.39. The van der Waals surface area contributed by atoms with E-state index < -0.39 is 9.76 Å². The van der Waals surface area contributed by atoms with Crippen molar-refractivity contribution in [3.8, 4) is 6.07 Å². The van der Waals surface area contributed by atoms with Gasteiger partial charge in [-0.15, -0.1) is 0 Å². The molecule has 0 aromatic heterocycles. The first-order valence-corrected chi connectivity index (χ1v) is 6.02. The number of rotatable bonds is 6. The summed E-state index contributed by atoms with van der Waals surface area (Å²) in [7, 11) is -0.654. The fourth-order valence-corrected chi connectivity index (χ4v) is 2.66. The third kappa shape index (κ3) is 3.38. The topological polar surface area (TPSA) is 33.0 Å². The Labute approximate surface area is 77.9 Å². The van der Waals surface area contributed by atoms with Crippen LogP contribution in [-0.2, 0) is 4.43 Å². The third-order valence-corrected chi connectivity index (χ3v) is 4.40. The first kappa shape index (κ1) is 11.7. The van der Waals surface area contributed by atoms with Gasteiger partial charge in [-0.25, -0.2) is 0 Å². The summed E-state index contributed by atoms with van der Waals surface area (Å²) in [5.41, 5.74) is 0. The summed E-state index contributed by atoms with van der Waals surface area (Å²) < 4.78 is 5.45. The van der Waals surface area contributed by atoms with Crippen molar-refractivity contribution < 1.29 is 4.43 Å². The van der Waals surface area contributed by atoms with Crippen LogP contribution in [0.1, 0.15) is 40.0 Å². The number of hydrogen-bond acceptors (Lipinski definition) is 2. The molecule has 0 bridgehead atoms. The molecule has 70 valence electrons. The lowest BCUT2D eigenvalue weighted by atomic mass is 10.0. The summed E-state index contributed by atoms with van der Waals surface area (Å²) in [6.45, 7) is 6.98. The Balaban J connectivity index is 4.07. The maximum Gasteiger partial charge on any atom is 0.181 e. The van der Waals surface area contributed by atoms with Gasteiger partial charge in [0.1, 0.15) is 0 Å². The van der Waals surface area contributed by atoms with Crippen LogP contribution in [0.4, 0.5) is 0 Å². The van der Waals surface area contributed by atoms with Gasteiger partial charge in [-0.05, 0) is 19.8 Å². The molecule has 1 atom stereocenters. The normalized spacial score (nSPS) is 16.2.